The fourth-order valence-electron chi connectivity index (χ4n) is 2.20. The summed E-state index contributed by atoms with van der Waals surface area (Å²) in [5.74, 6) is 0.434. The molecule has 0 saturated heterocycles. The van der Waals surface area contributed by atoms with Gasteiger partial charge in [0.15, 0.2) is 0 Å². The Morgan fingerprint density at radius 1 is 1.15 bits per heavy atom. The predicted octanol–water partition coefficient (Wildman–Crippen LogP) is 4.27. The zero-order valence-corrected chi connectivity index (χ0v) is 14.0. The Labute approximate surface area is 153 Å². The van der Waals surface area contributed by atoms with E-state index in [4.69, 9.17) is 16.0 Å². The Kier molecular flexibility index (Phi) is 5.09. The van der Waals surface area contributed by atoms with E-state index in [0.717, 1.165) is 0 Å². The monoisotopic (exact) mass is 369 g/mol. The number of nitro benzene ring substituents is 1. The number of halogens is 1. The van der Waals surface area contributed by atoms with Gasteiger partial charge in [-0.15, -0.1) is 0 Å². The van der Waals surface area contributed by atoms with Gasteiger partial charge in [-0.25, -0.2) is 5.43 Å². The van der Waals surface area contributed by atoms with Crippen LogP contribution >= 0.6 is 11.6 Å². The van der Waals surface area contributed by atoms with Gasteiger partial charge in [0.05, 0.1) is 11.1 Å². The van der Waals surface area contributed by atoms with Crippen molar-refractivity contribution in [1.82, 2.24) is 5.43 Å². The molecule has 1 heterocycles. The Morgan fingerprint density at radius 3 is 2.73 bits per heavy atom. The van der Waals surface area contributed by atoms with E-state index in [1.807, 2.05) is 0 Å². The molecule has 1 N–H and O–H groups in total. The number of rotatable bonds is 5. The number of hydrogen-bond acceptors (Lipinski definition) is 5. The van der Waals surface area contributed by atoms with Crippen LogP contribution in [0.1, 0.15) is 16.1 Å². The van der Waals surface area contributed by atoms with E-state index in [0.29, 0.717) is 27.7 Å². The van der Waals surface area contributed by atoms with Crippen molar-refractivity contribution in [3.05, 3.63) is 87.1 Å². The Balaban J connectivity index is 1.68. The van der Waals surface area contributed by atoms with Crippen molar-refractivity contribution in [3.8, 4) is 11.3 Å². The summed E-state index contributed by atoms with van der Waals surface area (Å²) in [6.45, 7) is 0. The molecule has 1 aromatic heterocycles. The van der Waals surface area contributed by atoms with Crippen LogP contribution in [0.4, 0.5) is 5.69 Å². The van der Waals surface area contributed by atoms with Crippen LogP contribution in [0.5, 0.6) is 0 Å². The highest BCUT2D eigenvalue weighted by Gasteiger charge is 2.10. The van der Waals surface area contributed by atoms with E-state index in [1.165, 1.54) is 24.4 Å². The van der Waals surface area contributed by atoms with Gasteiger partial charge < -0.3 is 4.42 Å². The fraction of sp³-hybridized carbons (Fsp3) is 0. The number of benzene rings is 2. The molecule has 0 spiro atoms. The lowest BCUT2D eigenvalue weighted by Crippen LogP contribution is -2.17. The molecule has 7 nitrogen and oxygen atoms in total. The molecule has 2 aromatic carbocycles. The van der Waals surface area contributed by atoms with Crippen molar-refractivity contribution in [2.24, 2.45) is 5.10 Å². The minimum Gasteiger partial charge on any atom is -0.455 e. The standard InChI is InChI=1S/C18H12ClN3O4/c19-14-5-1-4-13(9-14)18(23)21-20-11-16-7-8-17(26-16)12-3-2-6-15(10-12)22(24)25/h1-11H,(H,21,23)/b20-11-. The third-order valence-corrected chi connectivity index (χ3v) is 3.65. The zero-order valence-electron chi connectivity index (χ0n) is 13.3. The second-order valence-electron chi connectivity index (χ2n) is 5.22. The van der Waals surface area contributed by atoms with Crippen molar-refractivity contribution in [1.29, 1.82) is 0 Å². The van der Waals surface area contributed by atoms with E-state index in [1.54, 1.807) is 42.5 Å². The normalized spacial score (nSPS) is 10.8. The van der Waals surface area contributed by atoms with Gasteiger partial charge in [-0.3, -0.25) is 14.9 Å². The minimum atomic E-state index is -0.472. The second kappa shape index (κ2) is 7.62. The molecule has 0 aliphatic carbocycles. The highest BCUT2D eigenvalue weighted by atomic mass is 35.5. The molecule has 0 atom stereocenters. The first-order valence-electron chi connectivity index (χ1n) is 7.46. The van der Waals surface area contributed by atoms with E-state index >= 15 is 0 Å². The molecule has 0 saturated carbocycles. The first-order valence-corrected chi connectivity index (χ1v) is 7.84. The van der Waals surface area contributed by atoms with Crippen LogP contribution in [0.2, 0.25) is 5.02 Å². The molecule has 3 rings (SSSR count). The third-order valence-electron chi connectivity index (χ3n) is 3.41. The van der Waals surface area contributed by atoms with Gasteiger partial charge in [0, 0.05) is 28.3 Å². The number of hydrazone groups is 1. The van der Waals surface area contributed by atoms with E-state index in [2.05, 4.69) is 10.5 Å². The Bertz CT molecular complexity index is 997. The number of nitrogens with one attached hydrogen (secondary N) is 1. The number of nitrogens with zero attached hydrogens (tertiary/aromatic N) is 2. The minimum absolute atomic E-state index is 0.0251. The number of non-ortho nitro benzene ring substituents is 1. The summed E-state index contributed by atoms with van der Waals surface area (Å²) in [7, 11) is 0. The lowest BCUT2D eigenvalue weighted by Gasteiger charge is -1.99. The van der Waals surface area contributed by atoms with Gasteiger partial charge in [0.2, 0.25) is 0 Å². The van der Waals surface area contributed by atoms with Crippen molar-refractivity contribution >= 4 is 29.4 Å². The molecule has 8 heteroatoms. The van der Waals surface area contributed by atoms with Gasteiger partial charge >= 0.3 is 0 Å². The van der Waals surface area contributed by atoms with Crippen molar-refractivity contribution in [2.75, 3.05) is 0 Å². The summed E-state index contributed by atoms with van der Waals surface area (Å²) in [5.41, 5.74) is 3.30. The molecule has 0 aliphatic rings. The molecule has 26 heavy (non-hydrogen) atoms. The summed E-state index contributed by atoms with van der Waals surface area (Å²) >= 11 is 5.83. The molecule has 0 bridgehead atoms. The number of carbonyl (C=O) groups is 1. The molecule has 0 fully saturated rings. The lowest BCUT2D eigenvalue weighted by atomic mass is 10.1. The zero-order chi connectivity index (χ0) is 18.5. The van der Waals surface area contributed by atoms with Gasteiger partial charge in [-0.05, 0) is 30.3 Å². The first-order chi connectivity index (χ1) is 12.5. The summed E-state index contributed by atoms with van der Waals surface area (Å²) in [4.78, 5) is 22.3. The third kappa shape index (κ3) is 4.14. The molecular formula is C18H12ClN3O4. The molecule has 3 aromatic rings. The van der Waals surface area contributed by atoms with Crippen LogP contribution in [0.3, 0.4) is 0 Å². The van der Waals surface area contributed by atoms with E-state index in [9.17, 15) is 14.9 Å². The van der Waals surface area contributed by atoms with Crippen molar-refractivity contribution in [3.63, 3.8) is 0 Å². The largest absolute Gasteiger partial charge is 0.455 e. The van der Waals surface area contributed by atoms with E-state index in [-0.39, 0.29) is 5.69 Å². The number of carbonyl (C=O) groups excluding carboxylic acids is 1. The van der Waals surface area contributed by atoms with Crippen LogP contribution in [0.25, 0.3) is 11.3 Å². The molecule has 0 unspecified atom stereocenters. The number of hydrogen-bond donors (Lipinski definition) is 1. The lowest BCUT2D eigenvalue weighted by molar-refractivity contribution is -0.384. The predicted molar refractivity (Wildman–Crippen MR) is 97.3 cm³/mol. The average Bonchev–Trinajstić information content (AvgIpc) is 3.10. The van der Waals surface area contributed by atoms with Crippen LogP contribution in [-0.2, 0) is 0 Å². The maximum Gasteiger partial charge on any atom is 0.271 e. The second-order valence-corrected chi connectivity index (χ2v) is 5.66. The van der Waals surface area contributed by atoms with Crippen molar-refractivity contribution < 1.29 is 14.1 Å². The SMILES string of the molecule is O=C(N/N=C\c1ccc(-c2cccc([N+](=O)[O-])c2)o1)c1cccc(Cl)c1. The first kappa shape index (κ1) is 17.4. The van der Waals surface area contributed by atoms with Crippen LogP contribution < -0.4 is 5.43 Å². The van der Waals surface area contributed by atoms with Gasteiger partial charge in [-0.2, -0.15) is 5.10 Å². The maximum atomic E-state index is 11.9. The fourth-order valence-corrected chi connectivity index (χ4v) is 2.39. The molecule has 0 radical (unpaired) electrons. The highest BCUT2D eigenvalue weighted by molar-refractivity contribution is 6.30. The molecule has 0 aliphatic heterocycles. The van der Waals surface area contributed by atoms with E-state index < -0.39 is 10.8 Å². The van der Waals surface area contributed by atoms with Gasteiger partial charge in [0.25, 0.3) is 11.6 Å². The summed E-state index contributed by atoms with van der Waals surface area (Å²) < 4.78 is 5.57. The van der Waals surface area contributed by atoms with Gasteiger partial charge in [0.1, 0.15) is 11.5 Å². The number of nitro groups is 1. The molecular weight excluding hydrogens is 358 g/mol. The quantitative estimate of drug-likeness (QED) is 0.412. The number of amides is 1. The smallest absolute Gasteiger partial charge is 0.271 e. The molecule has 130 valence electrons. The maximum absolute atomic E-state index is 11.9. The summed E-state index contributed by atoms with van der Waals surface area (Å²) in [5, 5.41) is 15.1. The van der Waals surface area contributed by atoms with Crippen LogP contribution in [-0.4, -0.2) is 17.0 Å². The van der Waals surface area contributed by atoms with Crippen LogP contribution in [0, 0.1) is 10.1 Å². The van der Waals surface area contributed by atoms with Crippen molar-refractivity contribution in [2.45, 2.75) is 0 Å². The van der Waals surface area contributed by atoms with Crippen LogP contribution in [0.15, 0.2) is 70.2 Å². The highest BCUT2D eigenvalue weighted by Crippen LogP contribution is 2.25. The Hall–Kier alpha value is -3.45. The Morgan fingerprint density at radius 2 is 1.96 bits per heavy atom. The molecule has 1 amide bonds. The van der Waals surface area contributed by atoms with Gasteiger partial charge in [-0.1, -0.05) is 29.8 Å². The summed E-state index contributed by atoms with van der Waals surface area (Å²) in [6.07, 6.45) is 1.34. The summed E-state index contributed by atoms with van der Waals surface area (Å²) in [6, 6.07) is 15.9. The number of furan rings is 1. The average molecular weight is 370 g/mol. The topological polar surface area (TPSA) is 97.7 Å².